The van der Waals surface area contributed by atoms with Crippen LogP contribution in [0.5, 0.6) is 5.75 Å². The number of methoxy groups -OCH3 is 1. The molecule has 0 radical (unpaired) electrons. The highest BCUT2D eigenvalue weighted by molar-refractivity contribution is 7.10. The summed E-state index contributed by atoms with van der Waals surface area (Å²) >= 11 is 1.58. The minimum absolute atomic E-state index is 0.0174. The Kier molecular flexibility index (Phi) is 6.56. The van der Waals surface area contributed by atoms with Crippen molar-refractivity contribution in [3.05, 3.63) is 51.7 Å². The topological polar surface area (TPSA) is 32.8 Å². The number of allylic oxidation sites excluding steroid dienone is 1. The number of benzene rings is 1. The molecule has 4 nitrogen and oxygen atoms in total. The Morgan fingerprint density at radius 2 is 2.14 bits per heavy atom. The van der Waals surface area contributed by atoms with Crippen molar-refractivity contribution < 1.29 is 9.53 Å². The van der Waals surface area contributed by atoms with Crippen LogP contribution in [0.3, 0.4) is 0 Å². The molecule has 0 saturated carbocycles. The Hall–Kier alpha value is -2.55. The van der Waals surface area contributed by atoms with Crippen molar-refractivity contribution in [1.82, 2.24) is 4.90 Å². The van der Waals surface area contributed by atoms with Gasteiger partial charge in [-0.05, 0) is 64.2 Å². The number of anilines is 1. The molecule has 1 aromatic carbocycles. The highest BCUT2D eigenvalue weighted by Crippen LogP contribution is 2.31. The van der Waals surface area contributed by atoms with Crippen LogP contribution in [-0.2, 0) is 0 Å². The minimum atomic E-state index is 0.0174. The maximum Gasteiger partial charge on any atom is 0.259 e. The highest BCUT2D eigenvalue weighted by atomic mass is 32.1. The number of ether oxygens (including phenoxy) is 1. The molecule has 0 spiro atoms. The van der Waals surface area contributed by atoms with Crippen LogP contribution < -0.4 is 9.64 Å². The van der Waals surface area contributed by atoms with E-state index in [1.54, 1.807) is 24.5 Å². The van der Waals surface area contributed by atoms with Gasteiger partial charge < -0.3 is 14.5 Å². The van der Waals surface area contributed by atoms with Crippen LogP contribution in [-0.4, -0.2) is 44.1 Å². The van der Waals surface area contributed by atoms with Crippen molar-refractivity contribution >= 4 is 29.0 Å². The lowest BCUT2D eigenvalue weighted by Crippen LogP contribution is -2.47. The summed E-state index contributed by atoms with van der Waals surface area (Å²) in [6, 6.07) is 7.90. The van der Waals surface area contributed by atoms with E-state index in [9.17, 15) is 4.79 Å². The molecule has 146 valence electrons. The highest BCUT2D eigenvalue weighted by Gasteiger charge is 2.30. The Bertz CT molecular complexity index is 902. The van der Waals surface area contributed by atoms with Gasteiger partial charge in [-0.3, -0.25) is 4.79 Å². The summed E-state index contributed by atoms with van der Waals surface area (Å²) in [5.74, 6) is 3.29. The second kappa shape index (κ2) is 9.09. The van der Waals surface area contributed by atoms with Gasteiger partial charge in [-0.15, -0.1) is 17.8 Å². The molecule has 0 aliphatic carbocycles. The Morgan fingerprint density at radius 1 is 1.39 bits per heavy atom. The third-order valence-electron chi connectivity index (χ3n) is 5.20. The van der Waals surface area contributed by atoms with E-state index < -0.39 is 0 Å². The molecule has 0 N–H and O–H groups in total. The molecule has 2 aromatic rings. The molecule has 1 saturated heterocycles. The van der Waals surface area contributed by atoms with Crippen molar-refractivity contribution in [3.8, 4) is 18.1 Å². The van der Waals surface area contributed by atoms with Crippen molar-refractivity contribution in [2.24, 2.45) is 0 Å². The maximum absolute atomic E-state index is 13.7. The normalized spacial score (nSPS) is 15.5. The molecule has 1 aromatic heterocycles. The molecule has 0 unspecified atom stereocenters. The number of piperidine rings is 1. The van der Waals surface area contributed by atoms with Crippen LogP contribution in [0.1, 0.15) is 33.6 Å². The first kappa shape index (κ1) is 20.2. The summed E-state index contributed by atoms with van der Waals surface area (Å²) in [5.41, 5.74) is 2.49. The summed E-state index contributed by atoms with van der Waals surface area (Å²) < 4.78 is 5.40. The van der Waals surface area contributed by atoms with Crippen LogP contribution >= 0.6 is 11.3 Å². The smallest absolute Gasteiger partial charge is 0.259 e. The number of hydrogen-bond donors (Lipinski definition) is 0. The SMILES string of the molecule is C#C/C=C\c1c(C(=O)N(c2cccc(OC)c2)C2CCN(C)CC2)csc1C. The van der Waals surface area contributed by atoms with E-state index in [0.717, 1.165) is 47.8 Å². The van der Waals surface area contributed by atoms with Gasteiger partial charge in [0.2, 0.25) is 0 Å². The number of carbonyl (C=O) groups excluding carboxylic acids is 1. The van der Waals surface area contributed by atoms with E-state index in [-0.39, 0.29) is 11.9 Å². The standard InChI is InChI=1S/C23H26N2O2S/c1-5-6-10-21-17(2)28-16-22(21)23(26)25(18-11-13-24(3)14-12-18)19-8-7-9-20(15-19)27-4/h1,6-10,15-16,18H,11-14H2,2-4H3/b10-6-. The average molecular weight is 395 g/mol. The van der Waals surface area contributed by atoms with Gasteiger partial charge in [0.15, 0.2) is 0 Å². The van der Waals surface area contributed by atoms with Crippen molar-refractivity contribution in [2.45, 2.75) is 25.8 Å². The molecule has 1 fully saturated rings. The molecule has 1 aliphatic rings. The average Bonchev–Trinajstić information content (AvgIpc) is 3.08. The molecule has 0 atom stereocenters. The number of thiophene rings is 1. The van der Waals surface area contributed by atoms with E-state index >= 15 is 0 Å². The third kappa shape index (κ3) is 4.30. The van der Waals surface area contributed by atoms with Crippen LogP contribution in [0.15, 0.2) is 35.7 Å². The van der Waals surface area contributed by atoms with Crippen molar-refractivity contribution in [1.29, 1.82) is 0 Å². The number of carbonyl (C=O) groups is 1. The monoisotopic (exact) mass is 394 g/mol. The fourth-order valence-electron chi connectivity index (χ4n) is 3.61. The molecular weight excluding hydrogens is 368 g/mol. The first-order chi connectivity index (χ1) is 13.5. The lowest BCUT2D eigenvalue weighted by Gasteiger charge is -2.37. The maximum atomic E-state index is 13.7. The summed E-state index contributed by atoms with van der Waals surface area (Å²) in [4.78, 5) is 19.1. The molecule has 3 rings (SSSR count). The Balaban J connectivity index is 2.03. The van der Waals surface area contributed by atoms with Gasteiger partial charge >= 0.3 is 0 Å². The zero-order chi connectivity index (χ0) is 20.1. The van der Waals surface area contributed by atoms with E-state index in [1.807, 2.05) is 47.5 Å². The van der Waals surface area contributed by atoms with Crippen LogP contribution in [0.25, 0.3) is 6.08 Å². The number of likely N-dealkylation sites (tertiary alicyclic amines) is 1. The van der Waals surface area contributed by atoms with E-state index in [0.29, 0.717) is 5.56 Å². The molecule has 5 heteroatoms. The Labute approximate surface area is 171 Å². The van der Waals surface area contributed by atoms with Gasteiger partial charge in [0.1, 0.15) is 5.75 Å². The fraction of sp³-hybridized carbons (Fsp3) is 0.348. The molecule has 2 heterocycles. The molecule has 1 amide bonds. The molecule has 1 aliphatic heterocycles. The van der Waals surface area contributed by atoms with Crippen LogP contribution in [0.2, 0.25) is 0 Å². The first-order valence-corrected chi connectivity index (χ1v) is 10.3. The Morgan fingerprint density at radius 3 is 2.82 bits per heavy atom. The van der Waals surface area contributed by atoms with Gasteiger partial charge in [-0.25, -0.2) is 0 Å². The first-order valence-electron chi connectivity index (χ1n) is 9.42. The second-order valence-electron chi connectivity index (χ2n) is 7.03. The second-order valence-corrected chi connectivity index (χ2v) is 8.11. The number of hydrogen-bond acceptors (Lipinski definition) is 4. The zero-order valence-corrected chi connectivity index (χ0v) is 17.5. The number of aryl methyl sites for hydroxylation is 1. The summed E-state index contributed by atoms with van der Waals surface area (Å²) in [6.45, 7) is 3.97. The van der Waals surface area contributed by atoms with E-state index in [1.165, 1.54) is 0 Å². The summed E-state index contributed by atoms with van der Waals surface area (Å²) in [5, 5.41) is 1.94. The van der Waals surface area contributed by atoms with Gasteiger partial charge in [0.25, 0.3) is 5.91 Å². The zero-order valence-electron chi connectivity index (χ0n) is 16.6. The third-order valence-corrected chi connectivity index (χ3v) is 6.13. The lowest BCUT2D eigenvalue weighted by molar-refractivity contribution is 0.0964. The molecule has 0 bridgehead atoms. The number of amides is 1. The minimum Gasteiger partial charge on any atom is -0.497 e. The van der Waals surface area contributed by atoms with Crippen LogP contribution in [0.4, 0.5) is 5.69 Å². The number of rotatable bonds is 5. The predicted octanol–water partition coefficient (Wildman–Crippen LogP) is 4.45. The quantitative estimate of drug-likeness (QED) is 0.702. The summed E-state index contributed by atoms with van der Waals surface area (Å²) in [7, 11) is 3.77. The lowest BCUT2D eigenvalue weighted by atomic mass is 10.0. The van der Waals surface area contributed by atoms with Gasteiger partial charge in [0, 0.05) is 33.6 Å². The fourth-order valence-corrected chi connectivity index (χ4v) is 4.43. The number of nitrogens with zero attached hydrogens (tertiary/aromatic N) is 2. The van der Waals surface area contributed by atoms with Crippen molar-refractivity contribution in [2.75, 3.05) is 32.1 Å². The predicted molar refractivity (Wildman–Crippen MR) is 117 cm³/mol. The van der Waals surface area contributed by atoms with Crippen LogP contribution in [0, 0.1) is 19.3 Å². The molecular formula is C23H26N2O2S. The molecule has 28 heavy (non-hydrogen) atoms. The number of terminal acetylenes is 1. The van der Waals surface area contributed by atoms with Gasteiger partial charge in [0.05, 0.1) is 12.7 Å². The van der Waals surface area contributed by atoms with E-state index in [2.05, 4.69) is 17.9 Å². The van der Waals surface area contributed by atoms with Gasteiger partial charge in [-0.2, -0.15) is 0 Å². The summed E-state index contributed by atoms with van der Waals surface area (Å²) in [6.07, 6.45) is 10.8. The van der Waals surface area contributed by atoms with Gasteiger partial charge in [-0.1, -0.05) is 12.0 Å². The largest absolute Gasteiger partial charge is 0.497 e. The van der Waals surface area contributed by atoms with E-state index in [4.69, 9.17) is 11.2 Å². The van der Waals surface area contributed by atoms with Crippen molar-refractivity contribution in [3.63, 3.8) is 0 Å².